The summed E-state index contributed by atoms with van der Waals surface area (Å²) < 4.78 is 7.34. The summed E-state index contributed by atoms with van der Waals surface area (Å²) in [5.41, 5.74) is 2.95. The number of aliphatic hydroxyl groups is 1. The van der Waals surface area contributed by atoms with Crippen LogP contribution in [-0.2, 0) is 17.8 Å². The second-order valence-electron chi connectivity index (χ2n) is 9.16. The number of carboxylic acids is 1. The highest BCUT2D eigenvalue weighted by Crippen LogP contribution is 2.43. The van der Waals surface area contributed by atoms with Crippen LogP contribution >= 0.6 is 0 Å². The van der Waals surface area contributed by atoms with Crippen molar-refractivity contribution < 1.29 is 19.7 Å². The van der Waals surface area contributed by atoms with Crippen LogP contribution in [0.25, 0.3) is 11.3 Å². The number of ether oxygens (including phenoxy) is 1. The fourth-order valence-electron chi connectivity index (χ4n) is 4.36. The third-order valence-corrected chi connectivity index (χ3v) is 6.24. The van der Waals surface area contributed by atoms with Gasteiger partial charge < -0.3 is 19.5 Å². The van der Waals surface area contributed by atoms with Crippen LogP contribution in [0.5, 0.6) is 0 Å². The number of rotatable bonds is 5. The summed E-state index contributed by atoms with van der Waals surface area (Å²) in [6.45, 7) is 4.47. The van der Waals surface area contributed by atoms with Crippen LogP contribution in [0.1, 0.15) is 59.8 Å². The number of hydrogen-bond donors (Lipinski definition) is 2. The van der Waals surface area contributed by atoms with Crippen molar-refractivity contribution in [1.29, 1.82) is 0 Å². The quantitative estimate of drug-likeness (QED) is 0.724. The minimum absolute atomic E-state index is 0.113. The fraction of sp³-hybridized carbons (Fsp3) is 0.440. The highest BCUT2D eigenvalue weighted by molar-refractivity contribution is 5.87. The molecular weight excluding hydrogens is 394 g/mol. The van der Waals surface area contributed by atoms with Crippen molar-refractivity contribution in [1.82, 2.24) is 4.57 Å². The molecule has 0 bridgehead atoms. The summed E-state index contributed by atoms with van der Waals surface area (Å²) >= 11 is 0. The number of methoxy groups -OCH3 is 1. The number of benzene rings is 1. The van der Waals surface area contributed by atoms with E-state index in [9.17, 15) is 19.8 Å². The lowest BCUT2D eigenvalue weighted by Crippen LogP contribution is -2.37. The molecular formula is C25H27NO5. The number of hydrogen-bond acceptors (Lipinski definition) is 4. The van der Waals surface area contributed by atoms with Crippen LogP contribution in [0.4, 0.5) is 0 Å². The lowest BCUT2D eigenvalue weighted by Gasteiger charge is -2.40. The Morgan fingerprint density at radius 1 is 1.29 bits per heavy atom. The number of carboxylic acid groups (broad SMARTS) is 1. The molecule has 1 saturated carbocycles. The molecule has 0 unspecified atom stereocenters. The first-order valence-electron chi connectivity index (χ1n) is 10.5. The van der Waals surface area contributed by atoms with Crippen LogP contribution < -0.4 is 5.43 Å². The van der Waals surface area contributed by atoms with E-state index in [-0.39, 0.29) is 23.6 Å². The summed E-state index contributed by atoms with van der Waals surface area (Å²) in [5, 5.41) is 19.4. The molecule has 2 aromatic rings. The summed E-state index contributed by atoms with van der Waals surface area (Å²) in [4.78, 5) is 24.2. The van der Waals surface area contributed by atoms with E-state index in [0.717, 1.165) is 29.5 Å². The summed E-state index contributed by atoms with van der Waals surface area (Å²) in [6, 6.07) is 5.19. The van der Waals surface area contributed by atoms with Gasteiger partial charge in [-0.3, -0.25) is 4.79 Å². The second-order valence-corrected chi connectivity index (χ2v) is 9.16. The van der Waals surface area contributed by atoms with Gasteiger partial charge in [-0.1, -0.05) is 25.7 Å². The van der Waals surface area contributed by atoms with E-state index in [1.165, 1.54) is 12.3 Å². The first kappa shape index (κ1) is 21.4. The SMILES string of the molecule is COCC(C)(C)[C@@H]1Cc2cc(C#CC3CC3)c(CO)cc2-c2cc(=O)c(C(=O)O)cn21. The first-order chi connectivity index (χ1) is 14.7. The maximum Gasteiger partial charge on any atom is 0.341 e. The van der Waals surface area contributed by atoms with Gasteiger partial charge in [0.25, 0.3) is 0 Å². The smallest absolute Gasteiger partial charge is 0.341 e. The van der Waals surface area contributed by atoms with Gasteiger partial charge in [0.15, 0.2) is 5.43 Å². The highest BCUT2D eigenvalue weighted by atomic mass is 16.5. The number of nitrogens with zero attached hydrogens (tertiary/aromatic N) is 1. The number of aromatic carboxylic acids is 1. The van der Waals surface area contributed by atoms with Crippen LogP contribution in [0.15, 0.2) is 29.2 Å². The Kier molecular flexibility index (Phi) is 5.50. The van der Waals surface area contributed by atoms with E-state index in [2.05, 4.69) is 25.7 Å². The molecule has 6 nitrogen and oxygen atoms in total. The molecule has 1 fully saturated rings. The van der Waals surface area contributed by atoms with Gasteiger partial charge in [0.2, 0.25) is 0 Å². The largest absolute Gasteiger partial charge is 0.477 e. The lowest BCUT2D eigenvalue weighted by molar-refractivity contribution is 0.0615. The fourth-order valence-corrected chi connectivity index (χ4v) is 4.36. The van der Waals surface area contributed by atoms with Crippen molar-refractivity contribution in [2.24, 2.45) is 11.3 Å². The highest BCUT2D eigenvalue weighted by Gasteiger charge is 2.36. The van der Waals surface area contributed by atoms with Gasteiger partial charge in [-0.2, -0.15) is 0 Å². The van der Waals surface area contributed by atoms with Crippen LogP contribution in [0, 0.1) is 23.2 Å². The van der Waals surface area contributed by atoms with E-state index < -0.39 is 11.4 Å². The van der Waals surface area contributed by atoms with Crippen molar-refractivity contribution >= 4 is 5.97 Å². The number of fused-ring (bicyclic) bond motifs is 3. The average molecular weight is 421 g/mol. The zero-order chi connectivity index (χ0) is 22.3. The minimum Gasteiger partial charge on any atom is -0.477 e. The zero-order valence-corrected chi connectivity index (χ0v) is 18.1. The maximum atomic E-state index is 12.5. The molecule has 2 N–H and O–H groups in total. The molecule has 0 spiro atoms. The summed E-state index contributed by atoms with van der Waals surface area (Å²) in [7, 11) is 1.65. The number of carbonyl (C=O) groups is 1. The molecule has 4 rings (SSSR count). The van der Waals surface area contributed by atoms with Gasteiger partial charge in [0.1, 0.15) is 5.56 Å². The Morgan fingerprint density at radius 2 is 2.03 bits per heavy atom. The topological polar surface area (TPSA) is 88.8 Å². The molecule has 1 atom stereocenters. The lowest BCUT2D eigenvalue weighted by atomic mass is 9.77. The van der Waals surface area contributed by atoms with Gasteiger partial charge in [-0.05, 0) is 42.5 Å². The average Bonchev–Trinajstić information content (AvgIpc) is 3.54. The predicted molar refractivity (Wildman–Crippen MR) is 117 cm³/mol. The molecule has 1 aromatic heterocycles. The Hall–Kier alpha value is -2.88. The monoisotopic (exact) mass is 421 g/mol. The van der Waals surface area contributed by atoms with Crippen molar-refractivity contribution in [2.45, 2.75) is 45.8 Å². The molecule has 162 valence electrons. The van der Waals surface area contributed by atoms with E-state index in [4.69, 9.17) is 4.74 Å². The Bertz CT molecular complexity index is 1160. The van der Waals surface area contributed by atoms with E-state index >= 15 is 0 Å². The normalized spacial score (nSPS) is 17.4. The minimum atomic E-state index is -1.24. The molecule has 2 aliphatic rings. The molecule has 0 radical (unpaired) electrons. The van der Waals surface area contributed by atoms with Gasteiger partial charge in [-0.25, -0.2) is 4.79 Å². The van der Waals surface area contributed by atoms with Crippen LogP contribution in [-0.4, -0.2) is 34.5 Å². The number of pyridine rings is 1. The summed E-state index contributed by atoms with van der Waals surface area (Å²) in [5.74, 6) is 5.71. The third kappa shape index (κ3) is 4.04. The Balaban J connectivity index is 1.93. The molecule has 6 heteroatoms. The van der Waals surface area contributed by atoms with Crippen LogP contribution in [0.2, 0.25) is 0 Å². The molecule has 1 aromatic carbocycles. The molecule has 1 aliphatic heterocycles. The van der Waals surface area contributed by atoms with Gasteiger partial charge in [0, 0.05) is 47.9 Å². The molecule has 2 heterocycles. The van der Waals surface area contributed by atoms with Gasteiger partial charge in [0.05, 0.1) is 18.9 Å². The second kappa shape index (κ2) is 7.99. The van der Waals surface area contributed by atoms with Crippen molar-refractivity contribution in [3.8, 4) is 23.1 Å². The van der Waals surface area contributed by atoms with Gasteiger partial charge >= 0.3 is 5.97 Å². The number of aliphatic hydroxyl groups excluding tert-OH is 1. The molecule has 0 saturated heterocycles. The maximum absolute atomic E-state index is 12.5. The third-order valence-electron chi connectivity index (χ3n) is 6.24. The standard InChI is InChI=1S/C25H27NO5/c1-25(2,14-31-3)23-10-17-8-16(7-6-15-4-5-15)18(13-27)9-19(17)21-11-22(28)20(24(29)30)12-26(21)23/h8-9,11-12,15,23,27H,4-5,10,13-14H2,1-3H3,(H,29,30)/t23-/m0/s1. The van der Waals surface area contributed by atoms with Gasteiger partial charge in [-0.15, -0.1) is 0 Å². The molecule has 1 aliphatic carbocycles. The first-order valence-corrected chi connectivity index (χ1v) is 10.5. The Morgan fingerprint density at radius 3 is 2.65 bits per heavy atom. The van der Waals surface area contributed by atoms with E-state index in [1.807, 2.05) is 16.7 Å². The Labute approximate surface area is 181 Å². The van der Waals surface area contributed by atoms with Crippen molar-refractivity contribution in [3.05, 3.63) is 56.9 Å². The molecule has 31 heavy (non-hydrogen) atoms. The van der Waals surface area contributed by atoms with Crippen LogP contribution in [0.3, 0.4) is 0 Å². The van der Waals surface area contributed by atoms with Crippen molar-refractivity contribution in [3.63, 3.8) is 0 Å². The molecule has 0 amide bonds. The number of aromatic nitrogens is 1. The summed E-state index contributed by atoms with van der Waals surface area (Å²) in [6.07, 6.45) is 4.35. The van der Waals surface area contributed by atoms with E-state index in [0.29, 0.717) is 30.2 Å². The predicted octanol–water partition coefficient (Wildman–Crippen LogP) is 3.24. The zero-order valence-electron chi connectivity index (χ0n) is 18.1. The van der Waals surface area contributed by atoms with E-state index in [1.54, 1.807) is 7.11 Å². The van der Waals surface area contributed by atoms with Crippen molar-refractivity contribution in [2.75, 3.05) is 13.7 Å².